The van der Waals surface area contributed by atoms with Crippen molar-refractivity contribution in [3.63, 3.8) is 0 Å². The Morgan fingerprint density at radius 3 is 2.86 bits per heavy atom. The summed E-state index contributed by atoms with van der Waals surface area (Å²) in [6, 6.07) is 3.15. The molecule has 0 bridgehead atoms. The first kappa shape index (κ1) is 13.3. The fraction of sp³-hybridized carbons (Fsp3) is 0.286. The zero-order chi connectivity index (χ0) is 14.8. The maximum absolute atomic E-state index is 12.2. The van der Waals surface area contributed by atoms with Gasteiger partial charge in [-0.1, -0.05) is 6.92 Å². The summed E-state index contributed by atoms with van der Waals surface area (Å²) in [6.45, 7) is 2.30. The molecule has 1 amide bonds. The van der Waals surface area contributed by atoms with Gasteiger partial charge < -0.3 is 24.9 Å². The van der Waals surface area contributed by atoms with E-state index in [0.29, 0.717) is 28.6 Å². The Bertz CT molecular complexity index is 681. The lowest BCUT2D eigenvalue weighted by atomic mass is 10.1. The molecule has 3 N–H and O–H groups in total. The summed E-state index contributed by atoms with van der Waals surface area (Å²) >= 11 is 0. The topological polar surface area (TPSA) is 99.6 Å². The van der Waals surface area contributed by atoms with Crippen molar-refractivity contribution in [2.75, 3.05) is 12.5 Å². The van der Waals surface area contributed by atoms with Crippen molar-refractivity contribution in [3.05, 3.63) is 35.5 Å². The predicted octanol–water partition coefficient (Wildman–Crippen LogP) is 1.48. The molecule has 7 nitrogen and oxygen atoms in total. The van der Waals surface area contributed by atoms with E-state index in [1.165, 1.54) is 0 Å². The van der Waals surface area contributed by atoms with Crippen molar-refractivity contribution < 1.29 is 18.7 Å². The molecule has 0 spiro atoms. The first-order valence-corrected chi connectivity index (χ1v) is 6.58. The zero-order valence-electron chi connectivity index (χ0n) is 11.5. The summed E-state index contributed by atoms with van der Waals surface area (Å²) in [5, 5.41) is 2.71. The molecule has 0 fully saturated rings. The fourth-order valence-electron chi connectivity index (χ4n) is 2.00. The highest BCUT2D eigenvalue weighted by molar-refractivity contribution is 6.00. The quantitative estimate of drug-likeness (QED) is 0.827. The molecular weight excluding hydrogens is 274 g/mol. The van der Waals surface area contributed by atoms with Gasteiger partial charge in [-0.15, -0.1) is 0 Å². The van der Waals surface area contributed by atoms with Gasteiger partial charge in [0, 0.05) is 18.2 Å². The minimum atomic E-state index is -0.318. The number of anilines is 1. The van der Waals surface area contributed by atoms with E-state index in [9.17, 15) is 4.79 Å². The predicted molar refractivity (Wildman–Crippen MR) is 74.0 cm³/mol. The van der Waals surface area contributed by atoms with Crippen LogP contribution in [0.3, 0.4) is 0 Å². The monoisotopic (exact) mass is 289 g/mol. The second-order valence-electron chi connectivity index (χ2n) is 4.55. The summed E-state index contributed by atoms with van der Waals surface area (Å²) in [7, 11) is 0. The molecule has 2 aromatic rings. The van der Waals surface area contributed by atoms with Gasteiger partial charge in [0.05, 0.1) is 18.3 Å². The molecule has 0 unspecified atom stereocenters. The average Bonchev–Trinajstić information content (AvgIpc) is 3.12. The number of carbonyl (C=O) groups excluding carboxylic acids is 1. The van der Waals surface area contributed by atoms with E-state index in [2.05, 4.69) is 10.3 Å². The minimum Gasteiger partial charge on any atom is -0.454 e. The van der Waals surface area contributed by atoms with E-state index in [0.717, 1.165) is 12.2 Å². The average molecular weight is 289 g/mol. The second-order valence-corrected chi connectivity index (χ2v) is 4.55. The van der Waals surface area contributed by atoms with E-state index in [-0.39, 0.29) is 19.2 Å². The fourth-order valence-corrected chi connectivity index (χ4v) is 2.00. The summed E-state index contributed by atoms with van der Waals surface area (Å²) < 4.78 is 15.9. The Kier molecular flexibility index (Phi) is 3.39. The summed E-state index contributed by atoms with van der Waals surface area (Å²) in [5.41, 5.74) is 6.52. The van der Waals surface area contributed by atoms with Crippen LogP contribution in [0.4, 0.5) is 5.69 Å². The number of aryl methyl sites for hydroxylation is 1. The van der Waals surface area contributed by atoms with Crippen LogP contribution in [0.1, 0.15) is 28.9 Å². The van der Waals surface area contributed by atoms with Crippen LogP contribution in [0, 0.1) is 0 Å². The number of nitrogens with two attached hydrogens (primary N) is 1. The Hall–Kier alpha value is -2.70. The van der Waals surface area contributed by atoms with Gasteiger partial charge >= 0.3 is 0 Å². The van der Waals surface area contributed by atoms with Crippen molar-refractivity contribution in [2.24, 2.45) is 0 Å². The third kappa shape index (κ3) is 2.62. The normalized spacial score (nSPS) is 12.4. The van der Waals surface area contributed by atoms with E-state index in [4.69, 9.17) is 19.6 Å². The first-order valence-electron chi connectivity index (χ1n) is 6.58. The number of benzene rings is 1. The lowest BCUT2D eigenvalue weighted by Crippen LogP contribution is -2.23. The van der Waals surface area contributed by atoms with E-state index >= 15 is 0 Å². The molecule has 0 saturated heterocycles. The lowest BCUT2D eigenvalue weighted by Gasteiger charge is -2.07. The van der Waals surface area contributed by atoms with Crippen LogP contribution in [0.5, 0.6) is 11.5 Å². The molecule has 1 aromatic carbocycles. The number of carbonyl (C=O) groups is 1. The van der Waals surface area contributed by atoms with Crippen molar-refractivity contribution in [2.45, 2.75) is 19.9 Å². The number of ether oxygens (including phenoxy) is 2. The number of nitrogens with one attached hydrogen (secondary N) is 1. The molecule has 1 aromatic heterocycles. The second kappa shape index (κ2) is 5.35. The number of amides is 1. The highest BCUT2D eigenvalue weighted by atomic mass is 16.7. The maximum atomic E-state index is 12.2. The lowest BCUT2D eigenvalue weighted by molar-refractivity contribution is 0.0947. The zero-order valence-corrected chi connectivity index (χ0v) is 11.5. The van der Waals surface area contributed by atoms with Gasteiger partial charge in [-0.25, -0.2) is 4.98 Å². The van der Waals surface area contributed by atoms with Gasteiger partial charge in [0.1, 0.15) is 5.76 Å². The Morgan fingerprint density at radius 2 is 2.14 bits per heavy atom. The smallest absolute Gasteiger partial charge is 0.253 e. The highest BCUT2D eigenvalue weighted by Gasteiger charge is 2.19. The number of oxazole rings is 1. The summed E-state index contributed by atoms with van der Waals surface area (Å²) in [5.74, 6) is 1.98. The Balaban J connectivity index is 1.70. The summed E-state index contributed by atoms with van der Waals surface area (Å²) in [6.07, 6.45) is 2.41. The molecule has 0 aliphatic carbocycles. The largest absolute Gasteiger partial charge is 0.454 e. The van der Waals surface area contributed by atoms with Crippen molar-refractivity contribution in [3.8, 4) is 11.5 Å². The molecule has 110 valence electrons. The molecule has 21 heavy (non-hydrogen) atoms. The van der Waals surface area contributed by atoms with E-state index < -0.39 is 0 Å². The standard InChI is InChI=1S/C14H15N3O4/c1-2-8-5-16-13(21-8)6-17-14(18)9-3-11-12(4-10(9)15)20-7-19-11/h3-5H,2,6-7,15H2,1H3,(H,17,18). The van der Waals surface area contributed by atoms with Crippen molar-refractivity contribution in [1.29, 1.82) is 0 Å². The number of nitrogens with zero attached hydrogens (tertiary/aromatic N) is 1. The number of fused-ring (bicyclic) bond motifs is 1. The van der Waals surface area contributed by atoms with Crippen LogP contribution in [-0.4, -0.2) is 17.7 Å². The number of aromatic nitrogens is 1. The molecule has 1 aliphatic heterocycles. The van der Waals surface area contributed by atoms with Gasteiger partial charge in [-0.3, -0.25) is 4.79 Å². The number of rotatable bonds is 4. The molecule has 7 heteroatoms. The van der Waals surface area contributed by atoms with Crippen LogP contribution in [0.25, 0.3) is 0 Å². The van der Waals surface area contributed by atoms with E-state index in [1.54, 1.807) is 18.3 Å². The number of hydrogen-bond donors (Lipinski definition) is 2. The number of hydrogen-bond acceptors (Lipinski definition) is 6. The molecular formula is C14H15N3O4. The van der Waals surface area contributed by atoms with Crippen LogP contribution in [0.15, 0.2) is 22.7 Å². The highest BCUT2D eigenvalue weighted by Crippen LogP contribution is 2.35. The third-order valence-electron chi connectivity index (χ3n) is 3.14. The molecule has 0 radical (unpaired) electrons. The minimum absolute atomic E-state index is 0.135. The maximum Gasteiger partial charge on any atom is 0.253 e. The molecule has 0 saturated carbocycles. The van der Waals surface area contributed by atoms with E-state index in [1.807, 2.05) is 6.92 Å². The summed E-state index contributed by atoms with van der Waals surface area (Å²) in [4.78, 5) is 16.2. The van der Waals surface area contributed by atoms with Gasteiger partial charge in [-0.2, -0.15) is 0 Å². The van der Waals surface area contributed by atoms with Crippen LogP contribution >= 0.6 is 0 Å². The van der Waals surface area contributed by atoms with Crippen molar-refractivity contribution >= 4 is 11.6 Å². The molecule has 2 heterocycles. The third-order valence-corrected chi connectivity index (χ3v) is 3.14. The number of nitrogen functional groups attached to an aromatic ring is 1. The van der Waals surface area contributed by atoms with Gasteiger partial charge in [-0.05, 0) is 6.07 Å². The Labute approximate surface area is 121 Å². The van der Waals surface area contributed by atoms with Crippen LogP contribution in [-0.2, 0) is 13.0 Å². The molecule has 0 atom stereocenters. The van der Waals surface area contributed by atoms with Gasteiger partial charge in [0.2, 0.25) is 12.7 Å². The molecule has 1 aliphatic rings. The van der Waals surface area contributed by atoms with Crippen LogP contribution in [0.2, 0.25) is 0 Å². The van der Waals surface area contributed by atoms with Gasteiger partial charge in [0.25, 0.3) is 5.91 Å². The first-order chi connectivity index (χ1) is 10.2. The van der Waals surface area contributed by atoms with Gasteiger partial charge in [0.15, 0.2) is 11.5 Å². The Morgan fingerprint density at radius 1 is 1.38 bits per heavy atom. The van der Waals surface area contributed by atoms with Crippen LogP contribution < -0.4 is 20.5 Å². The SMILES string of the molecule is CCc1cnc(CNC(=O)c2cc3c(cc2N)OCO3)o1. The van der Waals surface area contributed by atoms with Crippen molar-refractivity contribution in [1.82, 2.24) is 10.3 Å². The molecule has 3 rings (SSSR count).